The van der Waals surface area contributed by atoms with Crippen molar-refractivity contribution in [1.82, 2.24) is 9.80 Å². The second-order valence-electron chi connectivity index (χ2n) is 5.79. The SMILES string of the molecule is Cc1ccc(CN2CC3C[C@@H](O)CN3C[C@@H]2C)o1. The van der Waals surface area contributed by atoms with Gasteiger partial charge < -0.3 is 9.52 Å². The van der Waals surface area contributed by atoms with Crippen LogP contribution in [0.5, 0.6) is 0 Å². The van der Waals surface area contributed by atoms with Crippen molar-refractivity contribution in [2.75, 3.05) is 19.6 Å². The Morgan fingerprint density at radius 2 is 2.17 bits per heavy atom. The second kappa shape index (κ2) is 4.68. The number of aliphatic hydroxyl groups is 1. The third kappa shape index (κ3) is 2.32. The highest BCUT2D eigenvalue weighted by Crippen LogP contribution is 2.26. The minimum atomic E-state index is -0.131. The van der Waals surface area contributed by atoms with Crippen LogP contribution in [0.2, 0.25) is 0 Å². The molecule has 0 radical (unpaired) electrons. The monoisotopic (exact) mass is 250 g/mol. The van der Waals surface area contributed by atoms with Crippen molar-refractivity contribution in [2.24, 2.45) is 0 Å². The van der Waals surface area contributed by atoms with Crippen molar-refractivity contribution in [2.45, 2.75) is 45.0 Å². The van der Waals surface area contributed by atoms with Gasteiger partial charge in [-0.1, -0.05) is 0 Å². The molecule has 0 aliphatic carbocycles. The Labute approximate surface area is 108 Å². The smallest absolute Gasteiger partial charge is 0.118 e. The van der Waals surface area contributed by atoms with E-state index >= 15 is 0 Å². The lowest BCUT2D eigenvalue weighted by atomic mass is 10.1. The lowest BCUT2D eigenvalue weighted by Gasteiger charge is -2.41. The molecule has 2 aliphatic rings. The molecule has 3 rings (SSSR count). The maximum atomic E-state index is 9.75. The van der Waals surface area contributed by atoms with Gasteiger partial charge in [0, 0.05) is 31.7 Å². The molecular weight excluding hydrogens is 228 g/mol. The Kier molecular flexibility index (Phi) is 3.18. The largest absolute Gasteiger partial charge is 0.465 e. The fourth-order valence-corrected chi connectivity index (χ4v) is 3.27. The van der Waals surface area contributed by atoms with Crippen LogP contribution in [0.4, 0.5) is 0 Å². The fourth-order valence-electron chi connectivity index (χ4n) is 3.27. The predicted molar refractivity (Wildman–Crippen MR) is 69.3 cm³/mol. The van der Waals surface area contributed by atoms with Crippen LogP contribution in [-0.4, -0.2) is 52.7 Å². The molecule has 4 nitrogen and oxygen atoms in total. The molecular formula is C14H22N2O2. The lowest BCUT2D eigenvalue weighted by Crippen LogP contribution is -2.54. The number of piperazine rings is 1. The number of nitrogens with zero attached hydrogens (tertiary/aromatic N) is 2. The van der Waals surface area contributed by atoms with E-state index in [0.717, 1.165) is 44.1 Å². The average Bonchev–Trinajstić information content (AvgIpc) is 2.85. The fraction of sp³-hybridized carbons (Fsp3) is 0.714. The number of aryl methyl sites for hydroxylation is 1. The summed E-state index contributed by atoms with van der Waals surface area (Å²) in [5, 5.41) is 9.75. The van der Waals surface area contributed by atoms with Crippen molar-refractivity contribution in [3.63, 3.8) is 0 Å². The summed E-state index contributed by atoms with van der Waals surface area (Å²) in [6, 6.07) is 5.14. The number of rotatable bonds is 2. The van der Waals surface area contributed by atoms with E-state index in [4.69, 9.17) is 4.42 Å². The molecule has 18 heavy (non-hydrogen) atoms. The van der Waals surface area contributed by atoms with Gasteiger partial charge in [-0.05, 0) is 32.4 Å². The first-order valence-corrected chi connectivity index (χ1v) is 6.83. The summed E-state index contributed by atoms with van der Waals surface area (Å²) in [5.41, 5.74) is 0. The summed E-state index contributed by atoms with van der Waals surface area (Å²) in [5.74, 6) is 2.03. The lowest BCUT2D eigenvalue weighted by molar-refractivity contribution is 0.0482. The Balaban J connectivity index is 1.66. The summed E-state index contributed by atoms with van der Waals surface area (Å²) in [6.07, 6.45) is 0.786. The number of hydrogen-bond acceptors (Lipinski definition) is 4. The Bertz CT molecular complexity index is 418. The average molecular weight is 250 g/mol. The van der Waals surface area contributed by atoms with Crippen LogP contribution >= 0.6 is 0 Å². The van der Waals surface area contributed by atoms with E-state index in [9.17, 15) is 5.11 Å². The first-order chi connectivity index (χ1) is 8.61. The van der Waals surface area contributed by atoms with Gasteiger partial charge >= 0.3 is 0 Å². The molecule has 1 N–H and O–H groups in total. The third-order valence-corrected chi connectivity index (χ3v) is 4.23. The molecule has 0 bridgehead atoms. The van der Waals surface area contributed by atoms with Crippen molar-refractivity contribution < 1.29 is 9.52 Å². The van der Waals surface area contributed by atoms with Gasteiger partial charge in [0.25, 0.3) is 0 Å². The highest BCUT2D eigenvalue weighted by molar-refractivity contribution is 5.06. The van der Waals surface area contributed by atoms with Crippen LogP contribution in [-0.2, 0) is 6.54 Å². The van der Waals surface area contributed by atoms with Crippen molar-refractivity contribution >= 4 is 0 Å². The van der Waals surface area contributed by atoms with Crippen LogP contribution in [0.3, 0.4) is 0 Å². The standard InChI is InChI=1S/C14H22N2O2/c1-10-6-16-8-13(17)5-12(16)7-15(10)9-14-4-3-11(2)18-14/h3-4,10,12-13,17H,5-9H2,1-2H3/t10-,12?,13+/m0/s1. The number of fused-ring (bicyclic) bond motifs is 1. The van der Waals surface area contributed by atoms with Crippen molar-refractivity contribution in [3.8, 4) is 0 Å². The van der Waals surface area contributed by atoms with E-state index in [1.54, 1.807) is 0 Å². The number of furan rings is 1. The summed E-state index contributed by atoms with van der Waals surface area (Å²) in [7, 11) is 0. The van der Waals surface area contributed by atoms with Gasteiger partial charge in [0.2, 0.25) is 0 Å². The van der Waals surface area contributed by atoms with Gasteiger partial charge in [-0.15, -0.1) is 0 Å². The first-order valence-electron chi connectivity index (χ1n) is 6.83. The highest BCUT2D eigenvalue weighted by atomic mass is 16.3. The Morgan fingerprint density at radius 3 is 2.89 bits per heavy atom. The van der Waals surface area contributed by atoms with Crippen LogP contribution < -0.4 is 0 Å². The molecule has 4 heteroatoms. The number of aliphatic hydroxyl groups excluding tert-OH is 1. The Morgan fingerprint density at radius 1 is 1.33 bits per heavy atom. The maximum Gasteiger partial charge on any atom is 0.118 e. The molecule has 2 saturated heterocycles. The van der Waals surface area contributed by atoms with Crippen LogP contribution in [0.25, 0.3) is 0 Å². The molecule has 0 saturated carbocycles. The number of hydrogen-bond donors (Lipinski definition) is 1. The minimum absolute atomic E-state index is 0.131. The van der Waals surface area contributed by atoms with Gasteiger partial charge in [-0.25, -0.2) is 0 Å². The van der Waals surface area contributed by atoms with Gasteiger partial charge in [0.1, 0.15) is 11.5 Å². The molecule has 100 valence electrons. The van der Waals surface area contributed by atoms with E-state index in [1.165, 1.54) is 0 Å². The molecule has 0 aromatic carbocycles. The van der Waals surface area contributed by atoms with Crippen LogP contribution in [0, 0.1) is 6.92 Å². The van der Waals surface area contributed by atoms with E-state index < -0.39 is 0 Å². The molecule has 3 heterocycles. The summed E-state index contributed by atoms with van der Waals surface area (Å²) in [6.45, 7) is 8.08. The van der Waals surface area contributed by atoms with E-state index in [-0.39, 0.29) is 6.10 Å². The van der Waals surface area contributed by atoms with Crippen LogP contribution in [0.15, 0.2) is 16.5 Å². The molecule has 0 spiro atoms. The second-order valence-corrected chi connectivity index (χ2v) is 5.79. The first kappa shape index (κ1) is 12.2. The maximum absolute atomic E-state index is 9.75. The normalized spacial score (nSPS) is 33.8. The zero-order chi connectivity index (χ0) is 12.7. The zero-order valence-corrected chi connectivity index (χ0v) is 11.2. The van der Waals surface area contributed by atoms with Gasteiger partial charge in [-0.3, -0.25) is 9.80 Å². The molecule has 1 aromatic rings. The summed E-state index contributed by atoms with van der Waals surface area (Å²) < 4.78 is 5.66. The Hall–Kier alpha value is -0.840. The topological polar surface area (TPSA) is 39.9 Å². The molecule has 2 fully saturated rings. The van der Waals surface area contributed by atoms with E-state index in [0.29, 0.717) is 12.1 Å². The third-order valence-electron chi connectivity index (χ3n) is 4.23. The summed E-state index contributed by atoms with van der Waals surface area (Å²) in [4.78, 5) is 4.90. The van der Waals surface area contributed by atoms with Crippen molar-refractivity contribution in [1.29, 1.82) is 0 Å². The highest BCUT2D eigenvalue weighted by Gasteiger charge is 2.38. The predicted octanol–water partition coefficient (Wildman–Crippen LogP) is 1.23. The van der Waals surface area contributed by atoms with Gasteiger partial charge in [0.05, 0.1) is 12.6 Å². The van der Waals surface area contributed by atoms with Gasteiger partial charge in [-0.2, -0.15) is 0 Å². The molecule has 1 aromatic heterocycles. The van der Waals surface area contributed by atoms with Gasteiger partial charge in [0.15, 0.2) is 0 Å². The van der Waals surface area contributed by atoms with Crippen molar-refractivity contribution in [3.05, 3.63) is 23.7 Å². The zero-order valence-electron chi connectivity index (χ0n) is 11.2. The molecule has 2 aliphatic heterocycles. The van der Waals surface area contributed by atoms with Crippen LogP contribution in [0.1, 0.15) is 24.9 Å². The summed E-state index contributed by atoms with van der Waals surface area (Å²) >= 11 is 0. The van der Waals surface area contributed by atoms with E-state index in [2.05, 4.69) is 22.8 Å². The molecule has 3 atom stereocenters. The quantitative estimate of drug-likeness (QED) is 0.857. The minimum Gasteiger partial charge on any atom is -0.465 e. The molecule has 1 unspecified atom stereocenters. The molecule has 0 amide bonds. The van der Waals surface area contributed by atoms with E-state index in [1.807, 2.05) is 13.0 Å².